The van der Waals surface area contributed by atoms with Crippen LogP contribution in [0, 0.1) is 0 Å². The fourth-order valence-corrected chi connectivity index (χ4v) is 4.08. The van der Waals surface area contributed by atoms with Gasteiger partial charge in [-0.25, -0.2) is 0 Å². The van der Waals surface area contributed by atoms with E-state index >= 15 is 0 Å². The molecule has 140 valence electrons. The summed E-state index contributed by atoms with van der Waals surface area (Å²) in [6.45, 7) is 5.23. The van der Waals surface area contributed by atoms with E-state index in [9.17, 15) is 14.7 Å². The zero-order valence-electron chi connectivity index (χ0n) is 15.1. The molecule has 2 atom stereocenters. The summed E-state index contributed by atoms with van der Waals surface area (Å²) in [5.41, 5.74) is 0.285. The van der Waals surface area contributed by atoms with Crippen molar-refractivity contribution in [2.75, 3.05) is 33.3 Å². The molecular weight excluding hydrogens is 332 g/mol. The maximum Gasteiger partial charge on any atom is 0.245 e. The van der Waals surface area contributed by atoms with Gasteiger partial charge in [-0.2, -0.15) is 0 Å². The van der Waals surface area contributed by atoms with Crippen molar-refractivity contribution in [2.24, 2.45) is 0 Å². The number of hydrogen-bond donors (Lipinski definition) is 1. The molecule has 6 nitrogen and oxygen atoms in total. The van der Waals surface area contributed by atoms with E-state index in [-0.39, 0.29) is 24.5 Å². The first kappa shape index (κ1) is 18.6. The van der Waals surface area contributed by atoms with E-state index in [0.29, 0.717) is 32.5 Å². The molecule has 2 aliphatic rings. The highest BCUT2D eigenvalue weighted by Crippen LogP contribution is 2.38. The van der Waals surface area contributed by atoms with E-state index in [0.717, 1.165) is 5.56 Å². The monoisotopic (exact) mass is 358 g/mol. The molecule has 1 aromatic rings. The highest BCUT2D eigenvalue weighted by Gasteiger charge is 2.48. The van der Waals surface area contributed by atoms with Crippen molar-refractivity contribution < 1.29 is 19.4 Å². The summed E-state index contributed by atoms with van der Waals surface area (Å²) in [5.74, 6) is -0.0943. The summed E-state index contributed by atoms with van der Waals surface area (Å²) in [6, 6.07) is 9.75. The number of methoxy groups -OCH3 is 1. The number of piperidine rings is 1. The Bertz CT molecular complexity index is 668. The van der Waals surface area contributed by atoms with Crippen LogP contribution in [0.25, 0.3) is 0 Å². The van der Waals surface area contributed by atoms with Gasteiger partial charge in [-0.05, 0) is 24.5 Å². The average Bonchev–Trinajstić information content (AvgIpc) is 3.08. The quantitative estimate of drug-likeness (QED) is 0.814. The molecule has 0 aromatic heterocycles. The van der Waals surface area contributed by atoms with Crippen molar-refractivity contribution in [1.29, 1.82) is 0 Å². The second kappa shape index (κ2) is 7.60. The van der Waals surface area contributed by atoms with E-state index in [1.165, 1.54) is 6.08 Å². The topological polar surface area (TPSA) is 70.1 Å². The van der Waals surface area contributed by atoms with E-state index in [1.54, 1.807) is 16.9 Å². The number of aliphatic hydroxyl groups excluding tert-OH is 1. The maximum atomic E-state index is 13.5. The molecule has 2 fully saturated rings. The van der Waals surface area contributed by atoms with E-state index in [1.807, 2.05) is 30.3 Å². The van der Waals surface area contributed by atoms with Crippen molar-refractivity contribution in [3.63, 3.8) is 0 Å². The van der Waals surface area contributed by atoms with Gasteiger partial charge in [0.25, 0.3) is 0 Å². The molecule has 0 radical (unpaired) electrons. The first-order valence-corrected chi connectivity index (χ1v) is 8.99. The van der Waals surface area contributed by atoms with Crippen LogP contribution in [0.5, 0.6) is 0 Å². The van der Waals surface area contributed by atoms with Gasteiger partial charge in [-0.15, -0.1) is 0 Å². The number of aliphatic hydroxyl groups is 1. The summed E-state index contributed by atoms with van der Waals surface area (Å²) in [4.78, 5) is 28.9. The summed E-state index contributed by atoms with van der Waals surface area (Å²) in [5, 5.41) is 10.1. The van der Waals surface area contributed by atoms with Crippen molar-refractivity contribution in [3.8, 4) is 0 Å². The van der Waals surface area contributed by atoms with Gasteiger partial charge >= 0.3 is 0 Å². The van der Waals surface area contributed by atoms with Crippen molar-refractivity contribution >= 4 is 11.8 Å². The number of β-amino-alcohol motifs (C(OH)–C–C–N with tert-alkyl or cyclic N) is 1. The molecular formula is C20H26N2O4. The zero-order valence-corrected chi connectivity index (χ0v) is 15.1. The van der Waals surface area contributed by atoms with Crippen LogP contribution in [0.15, 0.2) is 43.0 Å². The van der Waals surface area contributed by atoms with E-state index in [2.05, 4.69) is 6.58 Å². The minimum Gasteiger partial charge on any atom is -0.388 e. The third-order valence-electron chi connectivity index (χ3n) is 5.67. The first-order chi connectivity index (χ1) is 12.5. The van der Waals surface area contributed by atoms with Crippen LogP contribution < -0.4 is 0 Å². The zero-order chi connectivity index (χ0) is 18.7. The van der Waals surface area contributed by atoms with Crippen molar-refractivity contribution in [1.82, 2.24) is 9.80 Å². The Labute approximate surface area is 154 Å². The van der Waals surface area contributed by atoms with Gasteiger partial charge in [0.1, 0.15) is 6.10 Å². The molecule has 0 bridgehead atoms. The molecule has 2 amide bonds. The fraction of sp³-hybridized carbons (Fsp3) is 0.500. The Morgan fingerprint density at radius 1 is 1.19 bits per heavy atom. The SMILES string of the molecule is C=CC(=O)N1CCC(C(=O)N2C[C@@H](O)[C@H](OC)C2)(c2ccccc2)CC1. The van der Waals surface area contributed by atoms with Gasteiger partial charge in [0.05, 0.1) is 11.5 Å². The average molecular weight is 358 g/mol. The summed E-state index contributed by atoms with van der Waals surface area (Å²) >= 11 is 0. The number of carbonyl (C=O) groups excluding carboxylic acids is 2. The smallest absolute Gasteiger partial charge is 0.245 e. The summed E-state index contributed by atoms with van der Waals surface area (Å²) < 4.78 is 5.28. The Kier molecular flexibility index (Phi) is 5.44. The molecule has 26 heavy (non-hydrogen) atoms. The molecule has 1 aromatic carbocycles. The molecule has 0 aliphatic carbocycles. The minimum atomic E-state index is -0.679. The lowest BCUT2D eigenvalue weighted by Crippen LogP contribution is -2.53. The van der Waals surface area contributed by atoms with Gasteiger partial charge in [0.15, 0.2) is 0 Å². The van der Waals surface area contributed by atoms with Crippen LogP contribution in [0.2, 0.25) is 0 Å². The predicted octanol–water partition coefficient (Wildman–Crippen LogP) is 0.951. The largest absolute Gasteiger partial charge is 0.388 e. The highest BCUT2D eigenvalue weighted by molar-refractivity contribution is 5.90. The lowest BCUT2D eigenvalue weighted by Gasteiger charge is -2.42. The molecule has 1 N–H and O–H groups in total. The van der Waals surface area contributed by atoms with Gasteiger partial charge in [-0.1, -0.05) is 36.9 Å². The number of ether oxygens (including phenoxy) is 1. The number of nitrogens with zero attached hydrogens (tertiary/aromatic N) is 2. The molecule has 6 heteroatoms. The van der Waals surface area contributed by atoms with Crippen LogP contribution in [-0.2, 0) is 19.7 Å². The van der Waals surface area contributed by atoms with Crippen LogP contribution >= 0.6 is 0 Å². The molecule has 2 heterocycles. The molecule has 2 aliphatic heterocycles. The lowest BCUT2D eigenvalue weighted by atomic mass is 9.71. The molecule has 2 saturated heterocycles. The van der Waals surface area contributed by atoms with Crippen LogP contribution in [0.1, 0.15) is 18.4 Å². The molecule has 0 saturated carbocycles. The molecule has 3 rings (SSSR count). The minimum absolute atomic E-state index is 0.00741. The normalized spacial score (nSPS) is 25.2. The van der Waals surface area contributed by atoms with E-state index in [4.69, 9.17) is 4.74 Å². The van der Waals surface area contributed by atoms with Gasteiger partial charge < -0.3 is 19.6 Å². The van der Waals surface area contributed by atoms with Crippen LogP contribution in [0.4, 0.5) is 0 Å². The second-order valence-corrected chi connectivity index (χ2v) is 7.03. The van der Waals surface area contributed by atoms with Crippen molar-refractivity contribution in [2.45, 2.75) is 30.5 Å². The maximum absolute atomic E-state index is 13.5. The number of benzene rings is 1. The van der Waals surface area contributed by atoms with Gasteiger partial charge in [0.2, 0.25) is 11.8 Å². The first-order valence-electron chi connectivity index (χ1n) is 8.99. The number of likely N-dealkylation sites (tertiary alicyclic amines) is 2. The van der Waals surface area contributed by atoms with Crippen LogP contribution in [-0.4, -0.2) is 72.2 Å². The predicted molar refractivity (Wildman–Crippen MR) is 97.5 cm³/mol. The lowest BCUT2D eigenvalue weighted by molar-refractivity contribution is -0.141. The molecule has 0 unspecified atom stereocenters. The highest BCUT2D eigenvalue weighted by atomic mass is 16.5. The Hall–Kier alpha value is -2.18. The Balaban J connectivity index is 1.87. The number of hydrogen-bond acceptors (Lipinski definition) is 4. The van der Waals surface area contributed by atoms with Gasteiger partial charge in [0, 0.05) is 33.3 Å². The molecule has 0 spiro atoms. The van der Waals surface area contributed by atoms with Gasteiger partial charge in [-0.3, -0.25) is 9.59 Å². The Morgan fingerprint density at radius 2 is 1.85 bits per heavy atom. The standard InChI is InChI=1S/C20H26N2O4/c1-3-18(24)21-11-9-20(10-12-21,15-7-5-4-6-8-15)19(25)22-13-16(23)17(14-22)26-2/h3-8,16-17,23H,1,9-14H2,2H3/t16-,17-/m1/s1. The summed E-state index contributed by atoms with van der Waals surface area (Å²) in [6.07, 6.45) is 1.41. The summed E-state index contributed by atoms with van der Waals surface area (Å²) in [7, 11) is 1.55. The number of amides is 2. The fourth-order valence-electron chi connectivity index (χ4n) is 4.08. The van der Waals surface area contributed by atoms with E-state index < -0.39 is 11.5 Å². The number of rotatable bonds is 4. The Morgan fingerprint density at radius 3 is 2.38 bits per heavy atom. The third kappa shape index (κ3) is 3.27. The number of carbonyl (C=O) groups is 2. The van der Waals surface area contributed by atoms with Crippen molar-refractivity contribution in [3.05, 3.63) is 48.6 Å². The third-order valence-corrected chi connectivity index (χ3v) is 5.67. The van der Waals surface area contributed by atoms with Crippen LogP contribution in [0.3, 0.4) is 0 Å². The second-order valence-electron chi connectivity index (χ2n) is 7.03.